The first-order valence-electron chi connectivity index (χ1n) is 7.54. The minimum absolute atomic E-state index is 0.437. The number of rotatable bonds is 6. The highest BCUT2D eigenvalue weighted by Gasteiger charge is 2.17. The summed E-state index contributed by atoms with van der Waals surface area (Å²) in [6.45, 7) is 5.62. The van der Waals surface area contributed by atoms with Gasteiger partial charge in [0.25, 0.3) is 0 Å². The molecule has 112 valence electrons. The molecule has 1 N–H and O–H groups in total. The molecule has 0 radical (unpaired) electrons. The van der Waals surface area contributed by atoms with Crippen molar-refractivity contribution in [3.63, 3.8) is 0 Å². The maximum absolute atomic E-state index is 3.62. The molecule has 1 aliphatic rings. The minimum Gasteiger partial charge on any atom is -0.371 e. The van der Waals surface area contributed by atoms with Crippen LogP contribution in [0.5, 0.6) is 0 Å². The first-order chi connectivity index (χ1) is 10.2. The van der Waals surface area contributed by atoms with Crippen molar-refractivity contribution in [2.24, 2.45) is 0 Å². The fourth-order valence-electron chi connectivity index (χ4n) is 2.88. The van der Waals surface area contributed by atoms with Crippen LogP contribution >= 0.6 is 27.3 Å². The van der Waals surface area contributed by atoms with Gasteiger partial charge in [-0.25, -0.2) is 0 Å². The van der Waals surface area contributed by atoms with Crippen LogP contribution in [-0.2, 0) is 6.42 Å². The molecule has 0 spiro atoms. The van der Waals surface area contributed by atoms with Gasteiger partial charge in [0.2, 0.25) is 0 Å². The Hall–Kier alpha value is -0.840. The van der Waals surface area contributed by atoms with Gasteiger partial charge in [-0.1, -0.05) is 18.2 Å². The third-order valence-corrected chi connectivity index (χ3v) is 5.93. The van der Waals surface area contributed by atoms with E-state index in [1.807, 2.05) is 11.3 Å². The van der Waals surface area contributed by atoms with E-state index in [0.717, 1.165) is 13.1 Å². The summed E-state index contributed by atoms with van der Waals surface area (Å²) in [4.78, 5) is 3.91. The molecular weight excluding hydrogens is 344 g/mol. The molecule has 0 saturated carbocycles. The number of para-hydroxylation sites is 1. The van der Waals surface area contributed by atoms with Crippen LogP contribution in [0.25, 0.3) is 0 Å². The second-order valence-electron chi connectivity index (χ2n) is 5.56. The zero-order valence-corrected chi connectivity index (χ0v) is 14.7. The fraction of sp³-hybridized carbons (Fsp3) is 0.412. The Labute approximate surface area is 139 Å². The highest BCUT2D eigenvalue weighted by atomic mass is 79.9. The summed E-state index contributed by atoms with van der Waals surface area (Å²) in [6, 6.07) is 11.4. The molecule has 21 heavy (non-hydrogen) atoms. The largest absolute Gasteiger partial charge is 0.371 e. The predicted octanol–water partition coefficient (Wildman–Crippen LogP) is 4.61. The quantitative estimate of drug-likeness (QED) is 0.752. The summed E-state index contributed by atoms with van der Waals surface area (Å²) < 4.78 is 1.19. The van der Waals surface area contributed by atoms with Crippen LogP contribution in [0.4, 0.5) is 5.69 Å². The van der Waals surface area contributed by atoms with E-state index in [2.05, 4.69) is 68.8 Å². The average molecular weight is 365 g/mol. The summed E-state index contributed by atoms with van der Waals surface area (Å²) >= 11 is 5.33. The van der Waals surface area contributed by atoms with Crippen molar-refractivity contribution < 1.29 is 0 Å². The topological polar surface area (TPSA) is 15.3 Å². The number of hydrogen-bond donors (Lipinski definition) is 1. The van der Waals surface area contributed by atoms with Crippen molar-refractivity contribution in [3.05, 3.63) is 50.6 Å². The van der Waals surface area contributed by atoms with Gasteiger partial charge in [-0.3, -0.25) is 0 Å². The lowest BCUT2D eigenvalue weighted by Crippen LogP contribution is -2.26. The molecule has 1 aromatic carbocycles. The van der Waals surface area contributed by atoms with E-state index in [0.29, 0.717) is 6.04 Å². The van der Waals surface area contributed by atoms with Crippen molar-refractivity contribution in [2.45, 2.75) is 25.8 Å². The zero-order valence-electron chi connectivity index (χ0n) is 12.3. The number of anilines is 1. The Morgan fingerprint density at radius 1 is 1.38 bits per heavy atom. The number of nitrogens with zero attached hydrogens (tertiary/aromatic N) is 1. The molecule has 1 aromatic heterocycles. The minimum atomic E-state index is 0.437. The number of nitrogens with one attached hydrogen (secondary N) is 1. The number of thiophene rings is 1. The molecule has 4 heteroatoms. The van der Waals surface area contributed by atoms with Gasteiger partial charge < -0.3 is 10.2 Å². The Morgan fingerprint density at radius 3 is 3.05 bits per heavy atom. The fourth-order valence-corrected chi connectivity index (χ4v) is 4.36. The molecule has 2 nitrogen and oxygen atoms in total. The number of fused-ring (bicyclic) bond motifs is 1. The van der Waals surface area contributed by atoms with E-state index in [1.54, 1.807) is 0 Å². The van der Waals surface area contributed by atoms with E-state index < -0.39 is 0 Å². The van der Waals surface area contributed by atoms with E-state index >= 15 is 0 Å². The van der Waals surface area contributed by atoms with Gasteiger partial charge in [-0.2, -0.15) is 0 Å². The summed E-state index contributed by atoms with van der Waals surface area (Å²) in [5.74, 6) is 0. The normalized spacial score (nSPS) is 15.2. The molecule has 1 unspecified atom stereocenters. The lowest BCUT2D eigenvalue weighted by Gasteiger charge is -2.20. The molecule has 2 aromatic rings. The Bertz CT molecular complexity index is 596. The highest BCUT2D eigenvalue weighted by Crippen LogP contribution is 2.27. The van der Waals surface area contributed by atoms with Crippen LogP contribution in [0, 0.1) is 0 Å². The highest BCUT2D eigenvalue weighted by molar-refractivity contribution is 9.10. The standard InChI is InChI=1S/C17H21BrN2S/c1-13(17-11-15(18)12-21-17)19-8-4-9-20-10-7-14-5-2-3-6-16(14)20/h2-3,5-6,11-13,19H,4,7-10H2,1H3. The van der Waals surface area contributed by atoms with E-state index in [9.17, 15) is 0 Å². The lowest BCUT2D eigenvalue weighted by molar-refractivity contribution is 0.562. The lowest BCUT2D eigenvalue weighted by atomic mass is 10.2. The summed E-state index contributed by atoms with van der Waals surface area (Å²) in [7, 11) is 0. The average Bonchev–Trinajstić information content (AvgIpc) is 3.10. The zero-order chi connectivity index (χ0) is 14.7. The van der Waals surface area contributed by atoms with Crippen LogP contribution in [0.3, 0.4) is 0 Å². The van der Waals surface area contributed by atoms with Gasteiger partial charge in [0.15, 0.2) is 0 Å². The van der Waals surface area contributed by atoms with Crippen molar-refractivity contribution in [1.29, 1.82) is 0 Å². The van der Waals surface area contributed by atoms with E-state index in [-0.39, 0.29) is 0 Å². The van der Waals surface area contributed by atoms with Crippen LogP contribution in [0.2, 0.25) is 0 Å². The third-order valence-electron chi connectivity index (χ3n) is 4.05. The number of hydrogen-bond acceptors (Lipinski definition) is 3. The van der Waals surface area contributed by atoms with Crippen LogP contribution < -0.4 is 10.2 Å². The maximum atomic E-state index is 3.62. The molecule has 0 bridgehead atoms. The van der Waals surface area contributed by atoms with Gasteiger partial charge in [-0.05, 0) is 59.9 Å². The third kappa shape index (κ3) is 3.68. The van der Waals surface area contributed by atoms with Crippen molar-refractivity contribution >= 4 is 33.0 Å². The Morgan fingerprint density at radius 2 is 2.24 bits per heavy atom. The first kappa shape index (κ1) is 15.1. The van der Waals surface area contributed by atoms with Gasteiger partial charge in [-0.15, -0.1) is 11.3 Å². The van der Waals surface area contributed by atoms with Crippen LogP contribution in [0.15, 0.2) is 40.2 Å². The monoisotopic (exact) mass is 364 g/mol. The van der Waals surface area contributed by atoms with Crippen LogP contribution in [-0.4, -0.2) is 19.6 Å². The molecule has 1 atom stereocenters. The van der Waals surface area contributed by atoms with Gasteiger partial charge >= 0.3 is 0 Å². The molecule has 2 heterocycles. The summed E-state index contributed by atoms with van der Waals surface area (Å²) in [5.41, 5.74) is 2.94. The van der Waals surface area contributed by atoms with Gasteiger partial charge in [0.05, 0.1) is 0 Å². The summed E-state index contributed by atoms with van der Waals surface area (Å²) in [6.07, 6.45) is 2.38. The van der Waals surface area contributed by atoms with E-state index in [4.69, 9.17) is 0 Å². The SMILES string of the molecule is CC(NCCCN1CCc2ccccc21)c1cc(Br)cs1. The predicted molar refractivity (Wildman–Crippen MR) is 95.4 cm³/mol. The second kappa shape index (κ2) is 6.95. The molecule has 0 aliphatic carbocycles. The van der Waals surface area contributed by atoms with Crippen molar-refractivity contribution in [2.75, 3.05) is 24.5 Å². The molecule has 0 saturated heterocycles. The maximum Gasteiger partial charge on any atom is 0.0399 e. The van der Waals surface area contributed by atoms with E-state index in [1.165, 1.54) is 40.0 Å². The first-order valence-corrected chi connectivity index (χ1v) is 9.21. The van der Waals surface area contributed by atoms with Crippen molar-refractivity contribution in [3.8, 4) is 0 Å². The second-order valence-corrected chi connectivity index (χ2v) is 7.42. The summed E-state index contributed by atoms with van der Waals surface area (Å²) in [5, 5.41) is 5.77. The Balaban J connectivity index is 1.43. The molecule has 0 amide bonds. The number of benzene rings is 1. The molecule has 0 fully saturated rings. The molecule has 3 rings (SSSR count). The smallest absolute Gasteiger partial charge is 0.0399 e. The number of halogens is 1. The Kier molecular flexibility index (Phi) is 4.99. The van der Waals surface area contributed by atoms with Gasteiger partial charge in [0.1, 0.15) is 0 Å². The van der Waals surface area contributed by atoms with Crippen molar-refractivity contribution in [1.82, 2.24) is 5.32 Å². The van der Waals surface area contributed by atoms with Gasteiger partial charge in [0, 0.05) is 39.5 Å². The molecule has 1 aliphatic heterocycles. The van der Waals surface area contributed by atoms with Crippen LogP contribution in [0.1, 0.15) is 29.8 Å². The molecular formula is C17H21BrN2S.